The summed E-state index contributed by atoms with van der Waals surface area (Å²) < 4.78 is 27.0. The van der Waals surface area contributed by atoms with E-state index in [1.807, 2.05) is 13.8 Å². The molecule has 0 aliphatic rings. The van der Waals surface area contributed by atoms with Gasteiger partial charge in [-0.25, -0.2) is 8.78 Å². The molecule has 0 saturated heterocycles. The highest BCUT2D eigenvalue weighted by molar-refractivity contribution is 8.02. The highest BCUT2D eigenvalue weighted by Gasteiger charge is 2.18. The molecule has 1 aromatic heterocycles. The predicted octanol–water partition coefficient (Wildman–Crippen LogP) is 3.76. The zero-order valence-electron chi connectivity index (χ0n) is 12.8. The molecule has 0 fully saturated rings. The van der Waals surface area contributed by atoms with Crippen molar-refractivity contribution in [3.05, 3.63) is 29.8 Å². The van der Waals surface area contributed by atoms with Gasteiger partial charge in [0.05, 0.1) is 10.9 Å². The van der Waals surface area contributed by atoms with Gasteiger partial charge in [-0.2, -0.15) is 0 Å². The molecule has 0 radical (unpaired) electrons. The van der Waals surface area contributed by atoms with E-state index in [9.17, 15) is 13.6 Å². The molecule has 1 atom stereocenters. The predicted molar refractivity (Wildman–Crippen MR) is 89.0 cm³/mol. The minimum absolute atomic E-state index is 0.0525. The average molecular weight is 358 g/mol. The van der Waals surface area contributed by atoms with Gasteiger partial charge in [0.15, 0.2) is 4.34 Å². The number of hydrogen-bond donors (Lipinski definition) is 2. The van der Waals surface area contributed by atoms with Gasteiger partial charge in [-0.05, 0) is 32.9 Å². The Hall–Kier alpha value is -1.74. The highest BCUT2D eigenvalue weighted by atomic mass is 32.2. The van der Waals surface area contributed by atoms with Crippen LogP contribution in [-0.4, -0.2) is 27.4 Å². The highest BCUT2D eigenvalue weighted by Crippen LogP contribution is 2.29. The number of rotatable bonds is 6. The van der Waals surface area contributed by atoms with E-state index in [2.05, 4.69) is 20.8 Å². The van der Waals surface area contributed by atoms with E-state index in [1.54, 1.807) is 6.92 Å². The molecule has 0 aliphatic heterocycles. The molecule has 1 heterocycles. The van der Waals surface area contributed by atoms with E-state index in [-0.39, 0.29) is 11.7 Å². The van der Waals surface area contributed by atoms with E-state index in [1.165, 1.54) is 29.2 Å². The van der Waals surface area contributed by atoms with Crippen LogP contribution in [0, 0.1) is 11.6 Å². The normalized spacial score (nSPS) is 12.3. The molecule has 124 valence electrons. The standard InChI is InChI=1S/C14H16F2N4OS2/c1-7(2)17-13-19-20-14(23-13)22-8(3)12(21)18-11-5-4-9(15)6-10(11)16/h4-8H,1-3H3,(H,17,19)(H,18,21). The summed E-state index contributed by atoms with van der Waals surface area (Å²) in [4.78, 5) is 12.1. The summed E-state index contributed by atoms with van der Waals surface area (Å²) in [5.74, 6) is -1.90. The van der Waals surface area contributed by atoms with Gasteiger partial charge >= 0.3 is 0 Å². The van der Waals surface area contributed by atoms with Crippen LogP contribution in [-0.2, 0) is 4.79 Å². The van der Waals surface area contributed by atoms with E-state index in [4.69, 9.17) is 0 Å². The molecule has 1 unspecified atom stereocenters. The Kier molecular flexibility index (Phi) is 5.89. The summed E-state index contributed by atoms with van der Waals surface area (Å²) in [5.41, 5.74) is -0.0525. The molecule has 2 aromatic rings. The fraction of sp³-hybridized carbons (Fsp3) is 0.357. The molecule has 2 N–H and O–H groups in total. The lowest BCUT2D eigenvalue weighted by Gasteiger charge is -2.10. The molecule has 2 rings (SSSR count). The van der Waals surface area contributed by atoms with Crippen LogP contribution in [0.25, 0.3) is 0 Å². The van der Waals surface area contributed by atoms with Crippen LogP contribution in [0.15, 0.2) is 22.5 Å². The third-order valence-electron chi connectivity index (χ3n) is 2.65. The Morgan fingerprint density at radius 1 is 1.26 bits per heavy atom. The van der Waals surface area contributed by atoms with Crippen LogP contribution in [0.3, 0.4) is 0 Å². The molecule has 0 aliphatic carbocycles. The summed E-state index contributed by atoms with van der Waals surface area (Å²) in [6, 6.07) is 3.24. The van der Waals surface area contributed by atoms with Crippen LogP contribution in [0.2, 0.25) is 0 Å². The van der Waals surface area contributed by atoms with Gasteiger partial charge in [0.1, 0.15) is 11.6 Å². The summed E-state index contributed by atoms with van der Waals surface area (Å²) in [7, 11) is 0. The maximum absolute atomic E-state index is 13.5. The van der Waals surface area contributed by atoms with E-state index < -0.39 is 22.8 Å². The second-order valence-electron chi connectivity index (χ2n) is 5.05. The van der Waals surface area contributed by atoms with Gasteiger partial charge in [-0.15, -0.1) is 10.2 Å². The number of carbonyl (C=O) groups is 1. The number of hydrogen-bond acceptors (Lipinski definition) is 6. The minimum atomic E-state index is -0.810. The van der Waals surface area contributed by atoms with Crippen molar-refractivity contribution in [3.8, 4) is 0 Å². The quantitative estimate of drug-likeness (QED) is 0.770. The van der Waals surface area contributed by atoms with Gasteiger partial charge in [0.25, 0.3) is 0 Å². The van der Waals surface area contributed by atoms with Crippen molar-refractivity contribution in [2.75, 3.05) is 10.6 Å². The Bertz CT molecular complexity index is 693. The summed E-state index contributed by atoms with van der Waals surface area (Å²) in [6.07, 6.45) is 0. The van der Waals surface area contributed by atoms with Crippen LogP contribution in [0.4, 0.5) is 19.6 Å². The summed E-state index contributed by atoms with van der Waals surface area (Å²) in [6.45, 7) is 5.65. The molecular weight excluding hydrogens is 342 g/mol. The van der Waals surface area contributed by atoms with Crippen molar-refractivity contribution in [2.45, 2.75) is 36.4 Å². The Morgan fingerprint density at radius 3 is 2.65 bits per heavy atom. The first-order valence-electron chi connectivity index (χ1n) is 6.87. The Labute approximate surface area is 140 Å². The number of benzene rings is 1. The van der Waals surface area contributed by atoms with Crippen LogP contribution in [0.1, 0.15) is 20.8 Å². The molecule has 0 saturated carbocycles. The number of nitrogens with zero attached hydrogens (tertiary/aromatic N) is 2. The number of nitrogens with one attached hydrogen (secondary N) is 2. The lowest BCUT2D eigenvalue weighted by molar-refractivity contribution is -0.115. The molecule has 5 nitrogen and oxygen atoms in total. The SMILES string of the molecule is CC(C)Nc1nnc(SC(C)C(=O)Nc2ccc(F)cc2F)s1. The third kappa shape index (κ3) is 5.14. The first kappa shape index (κ1) is 17.6. The first-order valence-corrected chi connectivity index (χ1v) is 8.57. The fourth-order valence-electron chi connectivity index (χ4n) is 1.59. The van der Waals surface area contributed by atoms with Gasteiger partial charge < -0.3 is 10.6 Å². The largest absolute Gasteiger partial charge is 0.358 e. The zero-order valence-corrected chi connectivity index (χ0v) is 14.4. The van der Waals surface area contributed by atoms with Gasteiger partial charge in [0.2, 0.25) is 11.0 Å². The number of anilines is 2. The number of carbonyl (C=O) groups excluding carboxylic acids is 1. The summed E-state index contributed by atoms with van der Waals surface area (Å²) in [5, 5.41) is 13.7. The molecule has 1 amide bonds. The smallest absolute Gasteiger partial charge is 0.237 e. The number of aromatic nitrogens is 2. The minimum Gasteiger partial charge on any atom is -0.358 e. The number of thioether (sulfide) groups is 1. The maximum Gasteiger partial charge on any atom is 0.237 e. The van der Waals surface area contributed by atoms with Gasteiger partial charge in [0, 0.05) is 12.1 Å². The molecular formula is C14H16F2N4OS2. The Morgan fingerprint density at radius 2 is 2.00 bits per heavy atom. The number of amides is 1. The van der Waals surface area contributed by atoms with Gasteiger partial charge in [-0.3, -0.25) is 4.79 Å². The second-order valence-corrected chi connectivity index (χ2v) is 7.61. The van der Waals surface area contributed by atoms with E-state index in [0.29, 0.717) is 9.47 Å². The lowest BCUT2D eigenvalue weighted by Crippen LogP contribution is -2.22. The van der Waals surface area contributed by atoms with Crippen molar-refractivity contribution < 1.29 is 13.6 Å². The van der Waals surface area contributed by atoms with Crippen LogP contribution in [0.5, 0.6) is 0 Å². The monoisotopic (exact) mass is 358 g/mol. The van der Waals surface area contributed by atoms with Crippen molar-refractivity contribution in [3.63, 3.8) is 0 Å². The Balaban J connectivity index is 1.95. The lowest BCUT2D eigenvalue weighted by atomic mass is 10.3. The molecule has 0 bridgehead atoms. The molecule has 0 spiro atoms. The van der Waals surface area contributed by atoms with Crippen molar-refractivity contribution >= 4 is 39.8 Å². The van der Waals surface area contributed by atoms with Crippen molar-refractivity contribution in [1.82, 2.24) is 10.2 Å². The first-order chi connectivity index (χ1) is 10.8. The van der Waals surface area contributed by atoms with E-state index >= 15 is 0 Å². The molecule has 9 heteroatoms. The van der Waals surface area contributed by atoms with Crippen LogP contribution < -0.4 is 10.6 Å². The summed E-state index contributed by atoms with van der Waals surface area (Å²) >= 11 is 2.57. The molecule has 1 aromatic carbocycles. The van der Waals surface area contributed by atoms with Crippen LogP contribution >= 0.6 is 23.1 Å². The third-order valence-corrected chi connectivity index (χ3v) is 4.69. The average Bonchev–Trinajstić information content (AvgIpc) is 2.88. The maximum atomic E-state index is 13.5. The number of halogens is 2. The molecule has 23 heavy (non-hydrogen) atoms. The fourth-order valence-corrected chi connectivity index (χ4v) is 3.63. The second kappa shape index (κ2) is 7.69. The zero-order chi connectivity index (χ0) is 17.0. The van der Waals surface area contributed by atoms with Gasteiger partial charge in [-0.1, -0.05) is 23.1 Å². The topological polar surface area (TPSA) is 66.9 Å². The van der Waals surface area contributed by atoms with Crippen molar-refractivity contribution in [2.24, 2.45) is 0 Å². The van der Waals surface area contributed by atoms with E-state index in [0.717, 1.165) is 12.1 Å². The van der Waals surface area contributed by atoms with Crippen molar-refractivity contribution in [1.29, 1.82) is 0 Å².